The molecule has 0 saturated carbocycles. The van der Waals surface area contributed by atoms with E-state index in [1.54, 1.807) is 12.1 Å². The molecule has 0 saturated heterocycles. The molecule has 2 aromatic carbocycles. The fraction of sp³-hybridized carbons (Fsp3) is 0.316. The molecule has 0 aromatic heterocycles. The molecule has 0 bridgehead atoms. The number of carbonyl (C=O) groups excluding carboxylic acids is 1. The van der Waals surface area contributed by atoms with Crippen LogP contribution in [0.1, 0.15) is 27.9 Å². The van der Waals surface area contributed by atoms with Gasteiger partial charge in [0.25, 0.3) is 5.91 Å². The number of amides is 1. The minimum Gasteiger partial charge on any atom is -0.352 e. The molecule has 0 aliphatic rings. The number of aryl methyl sites for hydroxylation is 2. The van der Waals surface area contributed by atoms with E-state index in [0.717, 1.165) is 17.1 Å². The van der Waals surface area contributed by atoms with Crippen molar-refractivity contribution in [1.29, 1.82) is 0 Å². The topological polar surface area (TPSA) is 66.5 Å². The van der Waals surface area contributed by atoms with E-state index in [1.807, 2.05) is 6.07 Å². The first-order valence-electron chi connectivity index (χ1n) is 8.17. The number of nitrogens with one attached hydrogen (secondary N) is 1. The minimum absolute atomic E-state index is 0.116. The number of rotatable bonds is 7. The lowest BCUT2D eigenvalue weighted by Crippen LogP contribution is -2.26. The Morgan fingerprint density at radius 1 is 1.08 bits per heavy atom. The van der Waals surface area contributed by atoms with E-state index in [1.165, 1.54) is 37.4 Å². The van der Waals surface area contributed by atoms with Crippen LogP contribution in [0, 0.1) is 6.92 Å². The van der Waals surface area contributed by atoms with Crippen molar-refractivity contribution in [3.05, 3.63) is 65.2 Å². The van der Waals surface area contributed by atoms with Crippen LogP contribution >= 0.6 is 0 Å². The maximum atomic E-state index is 12.2. The lowest BCUT2D eigenvalue weighted by molar-refractivity contribution is 0.0953. The first-order valence-corrected chi connectivity index (χ1v) is 9.61. The number of benzene rings is 2. The quantitative estimate of drug-likeness (QED) is 0.772. The summed E-state index contributed by atoms with van der Waals surface area (Å²) in [5.41, 5.74) is 2.81. The van der Waals surface area contributed by atoms with Crippen molar-refractivity contribution in [3.8, 4) is 0 Å². The number of carbonyl (C=O) groups is 1. The van der Waals surface area contributed by atoms with E-state index in [9.17, 15) is 13.2 Å². The summed E-state index contributed by atoms with van der Waals surface area (Å²) in [5.74, 6) is -0.264. The Balaban J connectivity index is 1.93. The number of hydrogen-bond acceptors (Lipinski definition) is 3. The molecule has 1 N–H and O–H groups in total. The predicted molar refractivity (Wildman–Crippen MR) is 99.1 cm³/mol. The van der Waals surface area contributed by atoms with Crippen LogP contribution in [0.15, 0.2) is 53.4 Å². The molecule has 134 valence electrons. The minimum atomic E-state index is -3.54. The summed E-state index contributed by atoms with van der Waals surface area (Å²) in [6.45, 7) is 2.59. The van der Waals surface area contributed by atoms with Gasteiger partial charge in [0.1, 0.15) is 0 Å². The van der Waals surface area contributed by atoms with Gasteiger partial charge >= 0.3 is 0 Å². The van der Waals surface area contributed by atoms with Crippen molar-refractivity contribution >= 4 is 15.9 Å². The molecule has 2 aromatic rings. The molecule has 0 spiro atoms. The average Bonchev–Trinajstić information content (AvgIpc) is 2.58. The van der Waals surface area contributed by atoms with Crippen LogP contribution in [-0.2, 0) is 16.4 Å². The first-order chi connectivity index (χ1) is 11.8. The third kappa shape index (κ3) is 5.14. The van der Waals surface area contributed by atoms with Crippen molar-refractivity contribution in [2.24, 2.45) is 0 Å². The maximum Gasteiger partial charge on any atom is 0.251 e. The van der Waals surface area contributed by atoms with E-state index in [2.05, 4.69) is 30.4 Å². The Kier molecular flexibility index (Phi) is 6.33. The largest absolute Gasteiger partial charge is 0.352 e. The zero-order valence-corrected chi connectivity index (χ0v) is 15.6. The fourth-order valence-electron chi connectivity index (χ4n) is 2.47. The molecule has 6 heteroatoms. The predicted octanol–water partition coefficient (Wildman–Crippen LogP) is 2.61. The van der Waals surface area contributed by atoms with Gasteiger partial charge in [0.2, 0.25) is 10.0 Å². The highest BCUT2D eigenvalue weighted by Crippen LogP contribution is 2.15. The van der Waals surface area contributed by atoms with Gasteiger partial charge in [-0.05, 0) is 43.5 Å². The van der Waals surface area contributed by atoms with Crippen LogP contribution in [0.4, 0.5) is 0 Å². The summed E-state index contributed by atoms with van der Waals surface area (Å²) in [5, 5.41) is 2.84. The smallest absolute Gasteiger partial charge is 0.251 e. The van der Waals surface area contributed by atoms with Crippen LogP contribution < -0.4 is 5.32 Å². The van der Waals surface area contributed by atoms with Crippen LogP contribution in [0.25, 0.3) is 0 Å². The third-order valence-corrected chi connectivity index (χ3v) is 5.70. The van der Waals surface area contributed by atoms with E-state index in [4.69, 9.17) is 0 Å². The Hall–Kier alpha value is -2.18. The zero-order valence-electron chi connectivity index (χ0n) is 14.8. The Morgan fingerprint density at radius 2 is 1.80 bits per heavy atom. The third-order valence-electron chi connectivity index (χ3n) is 3.89. The number of hydrogen-bond donors (Lipinski definition) is 1. The fourth-order valence-corrected chi connectivity index (χ4v) is 3.42. The number of sulfonamides is 1. The molecule has 0 aliphatic heterocycles. The standard InChI is InChI=1S/C19H24N2O3S/c1-15-7-4-8-16(13-15)9-6-12-20-19(22)17-10-5-11-18(14-17)25(23,24)21(2)3/h4-5,7-8,10-11,13-14H,6,9,12H2,1-3H3,(H,20,22). The SMILES string of the molecule is Cc1cccc(CCCNC(=O)c2cccc(S(=O)(=O)N(C)C)c2)c1. The lowest BCUT2D eigenvalue weighted by Gasteiger charge is -2.12. The van der Waals surface area contributed by atoms with Crippen LogP contribution in [0.2, 0.25) is 0 Å². The van der Waals surface area contributed by atoms with Crippen LogP contribution in [0.5, 0.6) is 0 Å². The van der Waals surface area contributed by atoms with Gasteiger partial charge in [-0.1, -0.05) is 35.9 Å². The van der Waals surface area contributed by atoms with E-state index >= 15 is 0 Å². The summed E-state index contributed by atoms with van der Waals surface area (Å²) in [6, 6.07) is 14.4. The molecule has 1 amide bonds. The second-order valence-electron chi connectivity index (χ2n) is 6.16. The lowest BCUT2D eigenvalue weighted by atomic mass is 10.1. The Bertz CT molecular complexity index is 845. The summed E-state index contributed by atoms with van der Waals surface area (Å²) in [7, 11) is -0.614. The summed E-state index contributed by atoms with van der Waals surface area (Å²) in [6.07, 6.45) is 1.71. The number of nitrogens with zero attached hydrogens (tertiary/aromatic N) is 1. The second-order valence-corrected chi connectivity index (χ2v) is 8.32. The zero-order chi connectivity index (χ0) is 18.4. The highest BCUT2D eigenvalue weighted by molar-refractivity contribution is 7.89. The molecule has 0 fully saturated rings. The van der Waals surface area contributed by atoms with Crippen molar-refractivity contribution in [2.75, 3.05) is 20.6 Å². The van der Waals surface area contributed by atoms with Crippen LogP contribution in [-0.4, -0.2) is 39.3 Å². The molecule has 0 heterocycles. The van der Waals surface area contributed by atoms with Crippen molar-refractivity contribution < 1.29 is 13.2 Å². The van der Waals surface area contributed by atoms with Gasteiger partial charge in [-0.25, -0.2) is 12.7 Å². The monoisotopic (exact) mass is 360 g/mol. The van der Waals surface area contributed by atoms with E-state index < -0.39 is 10.0 Å². The summed E-state index contributed by atoms with van der Waals surface area (Å²) >= 11 is 0. The van der Waals surface area contributed by atoms with E-state index in [0.29, 0.717) is 12.1 Å². The van der Waals surface area contributed by atoms with Gasteiger partial charge in [0.05, 0.1) is 4.90 Å². The molecule has 0 unspecified atom stereocenters. The van der Waals surface area contributed by atoms with Crippen molar-refractivity contribution in [2.45, 2.75) is 24.7 Å². The molecule has 0 aliphatic carbocycles. The van der Waals surface area contributed by atoms with Gasteiger partial charge in [-0.2, -0.15) is 0 Å². The average molecular weight is 360 g/mol. The first kappa shape index (κ1) is 19.1. The molecule has 5 nitrogen and oxygen atoms in total. The van der Waals surface area contributed by atoms with Crippen molar-refractivity contribution in [3.63, 3.8) is 0 Å². The highest BCUT2D eigenvalue weighted by Gasteiger charge is 2.18. The van der Waals surface area contributed by atoms with Gasteiger partial charge < -0.3 is 5.32 Å². The maximum absolute atomic E-state index is 12.2. The van der Waals surface area contributed by atoms with Gasteiger partial charge in [0, 0.05) is 26.2 Å². The van der Waals surface area contributed by atoms with Crippen molar-refractivity contribution in [1.82, 2.24) is 9.62 Å². The van der Waals surface area contributed by atoms with Gasteiger partial charge in [0.15, 0.2) is 0 Å². The second kappa shape index (κ2) is 8.27. The van der Waals surface area contributed by atoms with Gasteiger partial charge in [-0.3, -0.25) is 4.79 Å². The van der Waals surface area contributed by atoms with Gasteiger partial charge in [-0.15, -0.1) is 0 Å². The molecule has 0 atom stereocenters. The molecular formula is C19H24N2O3S. The molecule has 2 rings (SSSR count). The summed E-state index contributed by atoms with van der Waals surface area (Å²) < 4.78 is 25.4. The molecule has 25 heavy (non-hydrogen) atoms. The Labute approximate surface area is 149 Å². The molecular weight excluding hydrogens is 336 g/mol. The van der Waals surface area contributed by atoms with E-state index in [-0.39, 0.29) is 10.8 Å². The highest BCUT2D eigenvalue weighted by atomic mass is 32.2. The normalized spacial score (nSPS) is 11.5. The summed E-state index contributed by atoms with van der Waals surface area (Å²) in [4.78, 5) is 12.4. The van der Waals surface area contributed by atoms with Crippen LogP contribution in [0.3, 0.4) is 0 Å². The molecule has 0 radical (unpaired) electrons. The Morgan fingerprint density at radius 3 is 2.48 bits per heavy atom.